The van der Waals surface area contributed by atoms with Crippen LogP contribution in [-0.2, 0) is 19.0 Å². The Morgan fingerprint density at radius 1 is 1.14 bits per heavy atom. The average Bonchev–Trinajstić information content (AvgIpc) is 3.28. The molecule has 1 fully saturated rings. The molecule has 0 saturated carbocycles. The zero-order valence-electron chi connectivity index (χ0n) is 12.0. The van der Waals surface area contributed by atoms with Gasteiger partial charge in [-0.15, -0.1) is 0 Å². The number of carboxylic acids is 1. The molecule has 21 heavy (non-hydrogen) atoms. The van der Waals surface area contributed by atoms with Gasteiger partial charge in [-0.05, 0) is 24.6 Å². The lowest BCUT2D eigenvalue weighted by Crippen LogP contribution is -2.10. The molecule has 1 N–H and O–H groups in total. The lowest BCUT2D eigenvalue weighted by atomic mass is 10.1. The molecule has 6 nitrogen and oxygen atoms in total. The first-order valence-electron chi connectivity index (χ1n) is 6.99. The van der Waals surface area contributed by atoms with Crippen LogP contribution in [0.2, 0.25) is 0 Å². The summed E-state index contributed by atoms with van der Waals surface area (Å²) in [4.78, 5) is 10.7. The van der Waals surface area contributed by atoms with E-state index in [0.29, 0.717) is 33.0 Å². The number of benzene rings is 1. The average molecular weight is 296 g/mol. The Morgan fingerprint density at radius 3 is 2.43 bits per heavy atom. The molecule has 1 aliphatic heterocycles. The van der Waals surface area contributed by atoms with Crippen molar-refractivity contribution in [3.8, 4) is 5.75 Å². The fourth-order valence-electron chi connectivity index (χ4n) is 1.89. The van der Waals surface area contributed by atoms with Gasteiger partial charge in [-0.2, -0.15) is 0 Å². The van der Waals surface area contributed by atoms with Gasteiger partial charge in [0.2, 0.25) is 0 Å². The maximum absolute atomic E-state index is 10.7. The topological polar surface area (TPSA) is 77.5 Å². The van der Waals surface area contributed by atoms with Gasteiger partial charge < -0.3 is 24.1 Å². The minimum atomic E-state index is -0.926. The Kier molecular flexibility index (Phi) is 5.98. The third-order valence-electron chi connectivity index (χ3n) is 3.02. The number of hydrogen-bond acceptors (Lipinski definition) is 5. The van der Waals surface area contributed by atoms with Crippen molar-refractivity contribution in [2.45, 2.75) is 19.1 Å². The van der Waals surface area contributed by atoms with E-state index in [9.17, 15) is 4.79 Å². The van der Waals surface area contributed by atoms with Crippen molar-refractivity contribution in [3.63, 3.8) is 0 Å². The van der Waals surface area contributed by atoms with E-state index in [1.54, 1.807) is 12.1 Å². The zero-order chi connectivity index (χ0) is 15.1. The molecule has 6 heteroatoms. The maximum atomic E-state index is 10.7. The monoisotopic (exact) mass is 296 g/mol. The van der Waals surface area contributed by atoms with Gasteiger partial charge in [0.15, 0.2) is 6.10 Å². The van der Waals surface area contributed by atoms with E-state index in [1.807, 2.05) is 19.1 Å². The predicted molar refractivity (Wildman–Crippen MR) is 74.5 cm³/mol. The molecular formula is C15H20O6. The first kappa shape index (κ1) is 15.8. The van der Waals surface area contributed by atoms with Crippen LogP contribution in [0.25, 0.3) is 0 Å². The van der Waals surface area contributed by atoms with Crippen molar-refractivity contribution in [3.05, 3.63) is 29.8 Å². The van der Waals surface area contributed by atoms with Crippen LogP contribution < -0.4 is 4.74 Å². The second-order valence-corrected chi connectivity index (χ2v) is 4.54. The molecule has 1 aromatic rings. The van der Waals surface area contributed by atoms with Gasteiger partial charge in [-0.3, -0.25) is 0 Å². The molecule has 0 bridgehead atoms. The van der Waals surface area contributed by atoms with E-state index in [4.69, 9.17) is 24.1 Å². The highest BCUT2D eigenvalue weighted by atomic mass is 16.6. The standard InChI is InChI=1S/C15H20O6/c1-2-18-7-8-19-9-10-20-12-5-3-11(4-6-12)13-14(21-13)15(16)17/h3-6,13-14H,2,7-10H2,1H3,(H,16,17). The summed E-state index contributed by atoms with van der Waals surface area (Å²) in [6.45, 7) is 4.76. The lowest BCUT2D eigenvalue weighted by molar-refractivity contribution is -0.138. The summed E-state index contributed by atoms with van der Waals surface area (Å²) < 4.78 is 21.1. The van der Waals surface area contributed by atoms with Crippen molar-refractivity contribution in [1.29, 1.82) is 0 Å². The Hall–Kier alpha value is -1.63. The molecule has 0 aromatic heterocycles. The molecular weight excluding hydrogens is 276 g/mol. The zero-order valence-corrected chi connectivity index (χ0v) is 12.0. The van der Waals surface area contributed by atoms with Crippen LogP contribution in [0, 0.1) is 0 Å². The normalized spacial score (nSPS) is 20.2. The van der Waals surface area contributed by atoms with Gasteiger partial charge in [0.25, 0.3) is 0 Å². The number of carbonyl (C=O) groups is 1. The maximum Gasteiger partial charge on any atom is 0.335 e. The van der Waals surface area contributed by atoms with E-state index < -0.39 is 12.1 Å². The van der Waals surface area contributed by atoms with Crippen LogP contribution in [0.5, 0.6) is 5.75 Å². The highest BCUT2D eigenvalue weighted by Crippen LogP contribution is 2.39. The highest BCUT2D eigenvalue weighted by molar-refractivity contribution is 5.76. The molecule has 1 heterocycles. The largest absolute Gasteiger partial charge is 0.491 e. The Morgan fingerprint density at radius 2 is 1.81 bits per heavy atom. The van der Waals surface area contributed by atoms with Crippen LogP contribution in [0.3, 0.4) is 0 Å². The second-order valence-electron chi connectivity index (χ2n) is 4.54. The van der Waals surface area contributed by atoms with Crippen LogP contribution in [0.1, 0.15) is 18.6 Å². The van der Waals surface area contributed by atoms with Gasteiger partial charge in [0.05, 0.1) is 19.8 Å². The van der Waals surface area contributed by atoms with Crippen LogP contribution in [0.15, 0.2) is 24.3 Å². The summed E-state index contributed by atoms with van der Waals surface area (Å²) in [7, 11) is 0. The summed E-state index contributed by atoms with van der Waals surface area (Å²) in [5.41, 5.74) is 0.850. The molecule has 0 radical (unpaired) electrons. The fourth-order valence-corrected chi connectivity index (χ4v) is 1.89. The molecule has 0 aliphatic carbocycles. The van der Waals surface area contributed by atoms with Crippen molar-refractivity contribution in [2.75, 3.05) is 33.0 Å². The second kappa shape index (κ2) is 7.97. The summed E-state index contributed by atoms with van der Waals surface area (Å²) in [6.07, 6.45) is -1.05. The first-order valence-corrected chi connectivity index (χ1v) is 6.99. The Labute approximate surface area is 123 Å². The Bertz CT molecular complexity index is 444. The molecule has 2 atom stereocenters. The molecule has 0 amide bonds. The van der Waals surface area contributed by atoms with Gasteiger partial charge >= 0.3 is 5.97 Å². The summed E-state index contributed by atoms with van der Waals surface area (Å²) in [5.74, 6) is -0.204. The van der Waals surface area contributed by atoms with Gasteiger partial charge in [0.1, 0.15) is 18.5 Å². The lowest BCUT2D eigenvalue weighted by Gasteiger charge is -2.07. The number of rotatable bonds is 10. The van der Waals surface area contributed by atoms with Crippen molar-refractivity contribution < 1.29 is 28.8 Å². The van der Waals surface area contributed by atoms with E-state index in [1.165, 1.54) is 0 Å². The third-order valence-corrected chi connectivity index (χ3v) is 3.02. The quantitative estimate of drug-likeness (QED) is 0.522. The molecule has 1 aromatic carbocycles. The first-order chi connectivity index (χ1) is 10.2. The van der Waals surface area contributed by atoms with Gasteiger partial charge in [-0.1, -0.05) is 12.1 Å². The fraction of sp³-hybridized carbons (Fsp3) is 0.533. The van der Waals surface area contributed by atoms with Crippen molar-refractivity contribution in [1.82, 2.24) is 0 Å². The summed E-state index contributed by atoms with van der Waals surface area (Å²) >= 11 is 0. The molecule has 116 valence electrons. The van der Waals surface area contributed by atoms with Crippen LogP contribution >= 0.6 is 0 Å². The predicted octanol–water partition coefficient (Wildman–Crippen LogP) is 1.64. The SMILES string of the molecule is CCOCCOCCOc1ccc(C2OC2C(=O)O)cc1. The smallest absolute Gasteiger partial charge is 0.335 e. The summed E-state index contributed by atoms with van der Waals surface area (Å²) in [6, 6.07) is 7.24. The molecule has 1 aliphatic rings. The minimum Gasteiger partial charge on any atom is -0.491 e. The molecule has 2 unspecified atom stereocenters. The highest BCUT2D eigenvalue weighted by Gasteiger charge is 2.46. The Balaban J connectivity index is 1.63. The number of epoxide rings is 1. The number of carboxylic acid groups (broad SMARTS) is 1. The van der Waals surface area contributed by atoms with Crippen molar-refractivity contribution in [2.24, 2.45) is 0 Å². The molecule has 2 rings (SSSR count). The minimum absolute atomic E-state index is 0.335. The van der Waals surface area contributed by atoms with Gasteiger partial charge in [0, 0.05) is 6.61 Å². The van der Waals surface area contributed by atoms with Crippen LogP contribution in [0.4, 0.5) is 0 Å². The number of aliphatic carboxylic acids is 1. The third kappa shape index (κ3) is 5.00. The number of hydrogen-bond donors (Lipinski definition) is 1. The van der Waals surface area contributed by atoms with E-state index in [-0.39, 0.29) is 6.10 Å². The van der Waals surface area contributed by atoms with E-state index >= 15 is 0 Å². The van der Waals surface area contributed by atoms with E-state index in [0.717, 1.165) is 11.3 Å². The summed E-state index contributed by atoms with van der Waals surface area (Å²) in [5, 5.41) is 8.79. The van der Waals surface area contributed by atoms with Crippen LogP contribution in [-0.4, -0.2) is 50.2 Å². The van der Waals surface area contributed by atoms with E-state index in [2.05, 4.69) is 0 Å². The van der Waals surface area contributed by atoms with Gasteiger partial charge in [-0.25, -0.2) is 4.79 Å². The molecule has 1 saturated heterocycles. The number of ether oxygens (including phenoxy) is 4. The van der Waals surface area contributed by atoms with Crippen molar-refractivity contribution >= 4 is 5.97 Å². The molecule has 0 spiro atoms.